The number of nitrogens with one attached hydrogen (secondary N) is 1. The van der Waals surface area contributed by atoms with Gasteiger partial charge in [0.1, 0.15) is 0 Å². The maximum atomic E-state index is 13.3. The minimum Gasteiger partial charge on any atom is -0.300 e. The van der Waals surface area contributed by atoms with Gasteiger partial charge in [0.2, 0.25) is 16.0 Å². The first-order valence-electron chi connectivity index (χ1n) is 9.58. The Balaban J connectivity index is 1.47. The predicted molar refractivity (Wildman–Crippen MR) is 122 cm³/mol. The second kappa shape index (κ2) is 8.29. The second-order valence-corrected chi connectivity index (χ2v) is 8.27. The van der Waals surface area contributed by atoms with Crippen LogP contribution in [0, 0.1) is 0 Å². The molecule has 0 aliphatic carbocycles. The van der Waals surface area contributed by atoms with Crippen LogP contribution in [0.3, 0.4) is 0 Å². The molecule has 0 atom stereocenters. The van der Waals surface area contributed by atoms with E-state index in [-0.39, 0.29) is 5.91 Å². The lowest BCUT2D eigenvalue weighted by Gasteiger charge is -2.16. The van der Waals surface area contributed by atoms with Gasteiger partial charge in [-0.15, -0.1) is 15.3 Å². The molecule has 1 amide bonds. The Labute approximate surface area is 187 Å². The number of hydrogen-bond acceptors (Lipinski definition) is 5. The summed E-state index contributed by atoms with van der Waals surface area (Å²) in [5, 5.41) is 17.0. The Morgan fingerprint density at radius 3 is 2.10 bits per heavy atom. The third-order valence-electron chi connectivity index (χ3n) is 4.85. The quantitative estimate of drug-likeness (QED) is 0.399. The number of carbonyl (C=O) groups excluding carboxylic acids is 1. The first kappa shape index (κ1) is 19.4. The van der Waals surface area contributed by atoms with Gasteiger partial charge in [0.25, 0.3) is 0 Å². The molecule has 8 heteroatoms. The lowest BCUT2D eigenvalue weighted by molar-refractivity contribution is -0.116. The average Bonchev–Trinajstić information content (AvgIpc) is 3.36. The molecule has 0 saturated heterocycles. The Morgan fingerprint density at radius 2 is 1.48 bits per heavy atom. The Hall–Kier alpha value is -3.55. The highest BCUT2D eigenvalue weighted by atomic mass is 35.5. The fourth-order valence-corrected chi connectivity index (χ4v) is 4.28. The molecule has 31 heavy (non-hydrogen) atoms. The van der Waals surface area contributed by atoms with Crippen molar-refractivity contribution in [3.05, 3.63) is 101 Å². The van der Waals surface area contributed by atoms with Gasteiger partial charge in [0.05, 0.1) is 5.92 Å². The smallest absolute Gasteiger partial charge is 0.238 e. The maximum Gasteiger partial charge on any atom is 0.238 e. The summed E-state index contributed by atoms with van der Waals surface area (Å²) < 4.78 is 1.63. The van der Waals surface area contributed by atoms with Crippen molar-refractivity contribution in [2.75, 3.05) is 5.32 Å². The van der Waals surface area contributed by atoms with Gasteiger partial charge in [-0.05, 0) is 35.4 Å². The molecule has 0 radical (unpaired) electrons. The van der Waals surface area contributed by atoms with Gasteiger partial charge in [0.15, 0.2) is 5.82 Å². The van der Waals surface area contributed by atoms with Gasteiger partial charge in [-0.3, -0.25) is 10.1 Å². The van der Waals surface area contributed by atoms with Gasteiger partial charge < -0.3 is 0 Å². The number of nitrogens with zero attached hydrogens (tertiary/aromatic N) is 4. The van der Waals surface area contributed by atoms with Crippen LogP contribution in [0.5, 0.6) is 0 Å². The molecule has 2 aromatic heterocycles. The predicted octanol–water partition coefficient (Wildman–Crippen LogP) is 5.28. The number of carbonyl (C=O) groups is 1. The van der Waals surface area contributed by atoms with Crippen molar-refractivity contribution in [2.45, 2.75) is 5.92 Å². The van der Waals surface area contributed by atoms with E-state index in [2.05, 4.69) is 20.6 Å². The topological polar surface area (TPSA) is 72.2 Å². The van der Waals surface area contributed by atoms with E-state index in [1.807, 2.05) is 72.8 Å². The molecule has 0 aliphatic heterocycles. The van der Waals surface area contributed by atoms with Crippen molar-refractivity contribution < 1.29 is 4.79 Å². The van der Waals surface area contributed by atoms with Crippen molar-refractivity contribution >= 4 is 38.9 Å². The van der Waals surface area contributed by atoms with Crippen LogP contribution in [-0.4, -0.2) is 25.7 Å². The fraction of sp³-hybridized carbons (Fsp3) is 0.0435. The second-order valence-electron chi connectivity index (χ2n) is 6.88. The molecule has 0 unspecified atom stereocenters. The number of benzene rings is 3. The van der Waals surface area contributed by atoms with E-state index in [1.54, 1.807) is 16.6 Å². The molecule has 0 spiro atoms. The lowest BCUT2D eigenvalue weighted by Crippen LogP contribution is -2.22. The molecule has 152 valence electrons. The zero-order valence-electron chi connectivity index (χ0n) is 16.1. The average molecular weight is 446 g/mol. The molecule has 0 fully saturated rings. The van der Waals surface area contributed by atoms with Crippen molar-refractivity contribution in [3.63, 3.8) is 0 Å². The van der Waals surface area contributed by atoms with Gasteiger partial charge in [-0.25, -0.2) is 0 Å². The number of hydrogen-bond donors (Lipinski definition) is 1. The third-order valence-corrected chi connectivity index (χ3v) is 5.92. The minimum absolute atomic E-state index is 0.157. The fourth-order valence-electron chi connectivity index (χ4n) is 3.41. The van der Waals surface area contributed by atoms with Crippen LogP contribution in [0.1, 0.15) is 17.0 Å². The van der Waals surface area contributed by atoms with Crippen LogP contribution < -0.4 is 5.32 Å². The molecule has 5 rings (SSSR count). The van der Waals surface area contributed by atoms with E-state index in [4.69, 9.17) is 11.6 Å². The summed E-state index contributed by atoms with van der Waals surface area (Å²) in [6.45, 7) is 0. The van der Waals surface area contributed by atoms with E-state index in [0.717, 1.165) is 16.7 Å². The molecule has 0 saturated carbocycles. The highest BCUT2D eigenvalue weighted by Gasteiger charge is 2.24. The molecule has 1 N–H and O–H groups in total. The molecule has 0 aliphatic rings. The summed E-state index contributed by atoms with van der Waals surface area (Å²) in [6.07, 6.45) is 0. The SMILES string of the molecule is O=C(Nc1nn2c(-c3ccc(Cl)cc3)nnc2s1)C(c1ccccc1)c1ccccc1. The minimum atomic E-state index is -0.451. The van der Waals surface area contributed by atoms with Crippen LogP contribution in [0.2, 0.25) is 5.02 Å². The first-order valence-corrected chi connectivity index (χ1v) is 10.8. The number of amides is 1. The Kier molecular flexibility index (Phi) is 5.19. The zero-order chi connectivity index (χ0) is 21.2. The monoisotopic (exact) mass is 445 g/mol. The molecular formula is C23H16ClN5OS. The van der Waals surface area contributed by atoms with E-state index >= 15 is 0 Å². The standard InChI is InChI=1S/C23H16ClN5OS/c24-18-13-11-17(12-14-18)20-26-27-23-29(20)28-22(31-23)25-21(30)19(15-7-3-1-4-8-15)16-9-5-2-6-10-16/h1-14,19H,(H,25,28,30). The van der Waals surface area contributed by atoms with E-state index in [1.165, 1.54) is 11.3 Å². The van der Waals surface area contributed by atoms with Gasteiger partial charge in [-0.1, -0.05) is 83.6 Å². The first-order chi connectivity index (χ1) is 15.2. The van der Waals surface area contributed by atoms with E-state index in [0.29, 0.717) is 20.9 Å². The van der Waals surface area contributed by atoms with Crippen LogP contribution in [-0.2, 0) is 4.79 Å². The van der Waals surface area contributed by atoms with Crippen LogP contribution in [0.25, 0.3) is 16.3 Å². The normalized spacial score (nSPS) is 11.2. The van der Waals surface area contributed by atoms with E-state index < -0.39 is 5.92 Å². The molecule has 6 nitrogen and oxygen atoms in total. The number of aromatic nitrogens is 4. The lowest BCUT2D eigenvalue weighted by atomic mass is 9.90. The number of rotatable bonds is 5. The van der Waals surface area contributed by atoms with Crippen LogP contribution >= 0.6 is 22.9 Å². The summed E-state index contributed by atoms with van der Waals surface area (Å²) in [5.41, 5.74) is 2.67. The van der Waals surface area contributed by atoms with Crippen molar-refractivity contribution in [3.8, 4) is 11.4 Å². The molecule has 0 bridgehead atoms. The zero-order valence-corrected chi connectivity index (χ0v) is 17.7. The Morgan fingerprint density at radius 1 is 0.871 bits per heavy atom. The summed E-state index contributed by atoms with van der Waals surface area (Å²) >= 11 is 7.25. The maximum absolute atomic E-state index is 13.3. The molecule has 2 heterocycles. The van der Waals surface area contributed by atoms with Gasteiger partial charge in [-0.2, -0.15) is 4.52 Å². The summed E-state index contributed by atoms with van der Waals surface area (Å²) in [6, 6.07) is 26.7. The molecular weight excluding hydrogens is 430 g/mol. The van der Waals surface area contributed by atoms with Crippen molar-refractivity contribution in [2.24, 2.45) is 0 Å². The summed E-state index contributed by atoms with van der Waals surface area (Å²) in [5.74, 6) is -0.0195. The number of fused-ring (bicyclic) bond motifs is 1. The number of halogens is 1. The van der Waals surface area contributed by atoms with Crippen molar-refractivity contribution in [1.82, 2.24) is 19.8 Å². The molecule has 3 aromatic carbocycles. The van der Waals surface area contributed by atoms with E-state index in [9.17, 15) is 4.79 Å². The van der Waals surface area contributed by atoms with Crippen LogP contribution in [0.15, 0.2) is 84.9 Å². The summed E-state index contributed by atoms with van der Waals surface area (Å²) in [7, 11) is 0. The van der Waals surface area contributed by atoms with Gasteiger partial charge in [0, 0.05) is 10.6 Å². The largest absolute Gasteiger partial charge is 0.300 e. The summed E-state index contributed by atoms with van der Waals surface area (Å²) in [4.78, 5) is 13.9. The highest BCUT2D eigenvalue weighted by molar-refractivity contribution is 7.20. The van der Waals surface area contributed by atoms with Crippen LogP contribution in [0.4, 0.5) is 5.13 Å². The van der Waals surface area contributed by atoms with Crippen molar-refractivity contribution in [1.29, 1.82) is 0 Å². The number of anilines is 1. The third kappa shape index (κ3) is 3.93. The van der Waals surface area contributed by atoms with Gasteiger partial charge >= 0.3 is 0 Å². The Bertz CT molecular complexity index is 1290. The highest BCUT2D eigenvalue weighted by Crippen LogP contribution is 2.29. The molecule has 5 aromatic rings.